The van der Waals surface area contributed by atoms with E-state index in [1.54, 1.807) is 37.4 Å². The lowest BCUT2D eigenvalue weighted by molar-refractivity contribution is 0.373. The fourth-order valence-electron chi connectivity index (χ4n) is 2.42. The van der Waals surface area contributed by atoms with E-state index >= 15 is 0 Å². The molecule has 0 saturated heterocycles. The Kier molecular flexibility index (Phi) is 5.90. The molecule has 0 saturated carbocycles. The van der Waals surface area contributed by atoms with Crippen LogP contribution in [0.4, 0.5) is 0 Å². The molecule has 2 aromatic rings. The number of phenols is 2. The Labute approximate surface area is 142 Å². The van der Waals surface area contributed by atoms with Crippen molar-refractivity contribution in [3.63, 3.8) is 0 Å². The molecule has 0 aliphatic heterocycles. The third-order valence-electron chi connectivity index (χ3n) is 3.66. The van der Waals surface area contributed by atoms with Crippen LogP contribution in [0, 0.1) is 0 Å². The van der Waals surface area contributed by atoms with Crippen molar-refractivity contribution in [1.29, 1.82) is 0 Å². The number of aromatic hydroxyl groups is 2. The number of rotatable bonds is 6. The van der Waals surface area contributed by atoms with Crippen LogP contribution in [0.25, 0.3) is 12.2 Å². The van der Waals surface area contributed by atoms with Crippen molar-refractivity contribution >= 4 is 12.2 Å². The van der Waals surface area contributed by atoms with Gasteiger partial charge >= 0.3 is 0 Å². The highest BCUT2D eigenvalue weighted by molar-refractivity contribution is 5.74. The van der Waals surface area contributed by atoms with Gasteiger partial charge in [-0.2, -0.15) is 0 Å². The van der Waals surface area contributed by atoms with Crippen LogP contribution >= 0.6 is 0 Å². The van der Waals surface area contributed by atoms with Crippen LogP contribution in [0.3, 0.4) is 0 Å². The van der Waals surface area contributed by atoms with Gasteiger partial charge in [0.1, 0.15) is 11.5 Å². The Bertz CT molecular complexity index is 760. The predicted molar refractivity (Wildman–Crippen MR) is 96.8 cm³/mol. The number of hydrogen-bond donors (Lipinski definition) is 2. The maximum absolute atomic E-state index is 9.91. The monoisotopic (exact) mass is 326 g/mol. The highest BCUT2D eigenvalue weighted by Crippen LogP contribution is 2.31. The van der Waals surface area contributed by atoms with Gasteiger partial charge in [0.2, 0.25) is 0 Å². The van der Waals surface area contributed by atoms with Gasteiger partial charge in [-0.1, -0.05) is 30.4 Å². The zero-order valence-electron chi connectivity index (χ0n) is 14.1. The second-order valence-corrected chi connectivity index (χ2v) is 5.25. The molecule has 0 unspecified atom stereocenters. The van der Waals surface area contributed by atoms with Crippen LogP contribution < -0.4 is 9.47 Å². The van der Waals surface area contributed by atoms with Crippen LogP contribution in [-0.2, 0) is 6.42 Å². The molecular weight excluding hydrogens is 304 g/mol. The zero-order chi connectivity index (χ0) is 17.5. The maximum atomic E-state index is 9.91. The van der Waals surface area contributed by atoms with Crippen molar-refractivity contribution < 1.29 is 19.7 Å². The van der Waals surface area contributed by atoms with Crippen LogP contribution in [0.1, 0.15) is 23.6 Å². The Balaban J connectivity index is 2.42. The lowest BCUT2D eigenvalue weighted by Crippen LogP contribution is -1.94. The largest absolute Gasteiger partial charge is 0.508 e. The van der Waals surface area contributed by atoms with Gasteiger partial charge in [-0.05, 0) is 42.7 Å². The summed E-state index contributed by atoms with van der Waals surface area (Å²) in [4.78, 5) is 0. The molecule has 0 aliphatic rings. The molecule has 24 heavy (non-hydrogen) atoms. The molecule has 0 aliphatic carbocycles. The molecule has 2 rings (SSSR count). The van der Waals surface area contributed by atoms with Crippen LogP contribution in [0.2, 0.25) is 0 Å². The second kappa shape index (κ2) is 8.11. The van der Waals surface area contributed by atoms with Crippen LogP contribution in [-0.4, -0.2) is 24.4 Å². The number of benzene rings is 2. The number of hydrogen-bond acceptors (Lipinski definition) is 4. The highest BCUT2D eigenvalue weighted by atomic mass is 16.5. The molecule has 2 aromatic carbocycles. The number of methoxy groups -OCH3 is 2. The van der Waals surface area contributed by atoms with Gasteiger partial charge in [0.05, 0.1) is 14.2 Å². The summed E-state index contributed by atoms with van der Waals surface area (Å²) in [6, 6.07) is 8.44. The van der Waals surface area contributed by atoms with Crippen molar-refractivity contribution in [2.45, 2.75) is 13.3 Å². The van der Waals surface area contributed by atoms with Crippen molar-refractivity contribution in [3.8, 4) is 23.0 Å². The predicted octanol–water partition coefficient (Wildman–Crippen LogP) is 4.40. The van der Waals surface area contributed by atoms with E-state index in [4.69, 9.17) is 9.47 Å². The number of allylic oxidation sites excluding steroid dienone is 2. The van der Waals surface area contributed by atoms with E-state index in [0.717, 1.165) is 16.7 Å². The average Bonchev–Trinajstić information content (AvgIpc) is 2.59. The highest BCUT2D eigenvalue weighted by Gasteiger charge is 2.09. The third kappa shape index (κ3) is 4.10. The Morgan fingerprint density at radius 3 is 2.38 bits per heavy atom. The van der Waals surface area contributed by atoms with Gasteiger partial charge in [0.15, 0.2) is 11.5 Å². The summed E-state index contributed by atoms with van der Waals surface area (Å²) in [5, 5.41) is 19.6. The first kappa shape index (κ1) is 17.5. The lowest BCUT2D eigenvalue weighted by atomic mass is 10.0. The summed E-state index contributed by atoms with van der Waals surface area (Å²) in [5.41, 5.74) is 2.75. The number of phenolic OH excluding ortho intramolecular Hbond substituents is 2. The first-order valence-electron chi connectivity index (χ1n) is 7.65. The van der Waals surface area contributed by atoms with E-state index in [2.05, 4.69) is 0 Å². The fourth-order valence-corrected chi connectivity index (χ4v) is 2.42. The molecule has 0 radical (unpaired) electrons. The third-order valence-corrected chi connectivity index (χ3v) is 3.66. The molecule has 0 fully saturated rings. The summed E-state index contributed by atoms with van der Waals surface area (Å²) in [7, 11) is 3.10. The van der Waals surface area contributed by atoms with E-state index < -0.39 is 0 Å². The topological polar surface area (TPSA) is 58.9 Å². The summed E-state index contributed by atoms with van der Waals surface area (Å²) in [5.74, 6) is 1.32. The molecule has 0 amide bonds. The molecule has 2 N–H and O–H groups in total. The maximum Gasteiger partial charge on any atom is 0.161 e. The van der Waals surface area contributed by atoms with Gasteiger partial charge in [0.25, 0.3) is 0 Å². The summed E-state index contributed by atoms with van der Waals surface area (Å²) in [6.07, 6.45) is 8.53. The summed E-state index contributed by atoms with van der Waals surface area (Å²) < 4.78 is 10.5. The van der Waals surface area contributed by atoms with Gasteiger partial charge in [-0.15, -0.1) is 0 Å². The van der Waals surface area contributed by atoms with Crippen molar-refractivity contribution in [3.05, 3.63) is 59.2 Å². The Morgan fingerprint density at radius 2 is 1.71 bits per heavy atom. The first-order valence-corrected chi connectivity index (χ1v) is 7.65. The van der Waals surface area contributed by atoms with E-state index in [1.165, 1.54) is 7.11 Å². The van der Waals surface area contributed by atoms with Crippen molar-refractivity contribution in [1.82, 2.24) is 0 Å². The van der Waals surface area contributed by atoms with Crippen LogP contribution in [0.15, 0.2) is 42.5 Å². The SMILES string of the molecule is C/C=C/Cc1c(/C=C/c2ccc(O)c(OC)c2)cc(O)cc1OC. The minimum atomic E-state index is 0.0995. The van der Waals surface area contributed by atoms with Crippen molar-refractivity contribution in [2.24, 2.45) is 0 Å². The van der Waals surface area contributed by atoms with Gasteiger partial charge < -0.3 is 19.7 Å². The number of ether oxygens (including phenoxy) is 2. The zero-order valence-corrected chi connectivity index (χ0v) is 14.1. The van der Waals surface area contributed by atoms with E-state index in [-0.39, 0.29) is 11.5 Å². The molecule has 4 nitrogen and oxygen atoms in total. The molecule has 4 heteroatoms. The van der Waals surface area contributed by atoms with E-state index in [1.807, 2.05) is 31.2 Å². The van der Waals surface area contributed by atoms with Crippen LogP contribution in [0.5, 0.6) is 23.0 Å². The smallest absolute Gasteiger partial charge is 0.161 e. The minimum absolute atomic E-state index is 0.0995. The molecule has 0 spiro atoms. The standard InChI is InChI=1S/C20H22O4/c1-4-5-6-17-15(12-16(21)13-19(17)23-2)9-7-14-8-10-18(22)20(11-14)24-3/h4-5,7-13,21-22H,6H2,1-3H3/b5-4+,9-7+. The van der Waals surface area contributed by atoms with E-state index in [9.17, 15) is 10.2 Å². The van der Waals surface area contributed by atoms with Gasteiger partial charge in [-0.25, -0.2) is 0 Å². The molecule has 0 atom stereocenters. The molecule has 126 valence electrons. The molecule has 0 bridgehead atoms. The molecule has 0 heterocycles. The lowest BCUT2D eigenvalue weighted by Gasteiger charge is -2.11. The summed E-state index contributed by atoms with van der Waals surface area (Å²) in [6.45, 7) is 1.96. The quantitative estimate of drug-likeness (QED) is 0.610. The van der Waals surface area contributed by atoms with Gasteiger partial charge in [-0.3, -0.25) is 0 Å². The fraction of sp³-hybridized carbons (Fsp3) is 0.200. The minimum Gasteiger partial charge on any atom is -0.508 e. The Hall–Kier alpha value is -2.88. The summed E-state index contributed by atoms with van der Waals surface area (Å²) >= 11 is 0. The van der Waals surface area contributed by atoms with Crippen molar-refractivity contribution in [2.75, 3.05) is 14.2 Å². The van der Waals surface area contributed by atoms with Gasteiger partial charge in [0, 0.05) is 11.6 Å². The normalized spacial score (nSPS) is 11.3. The molecule has 0 aromatic heterocycles. The van der Waals surface area contributed by atoms with E-state index in [0.29, 0.717) is 17.9 Å². The Morgan fingerprint density at radius 1 is 0.958 bits per heavy atom. The second-order valence-electron chi connectivity index (χ2n) is 5.25. The first-order chi connectivity index (χ1) is 11.6. The molecular formula is C20H22O4. The average molecular weight is 326 g/mol.